The lowest BCUT2D eigenvalue weighted by Crippen LogP contribution is -2.31. The molecule has 2 amide bonds. The van der Waals surface area contributed by atoms with Crippen LogP contribution < -0.4 is 0 Å². The van der Waals surface area contributed by atoms with Gasteiger partial charge in [0.1, 0.15) is 0 Å². The number of hydrogen-bond acceptors (Lipinski definition) is 4. The van der Waals surface area contributed by atoms with Crippen molar-refractivity contribution >= 4 is 28.8 Å². The SMILES string of the molecule is C=C(C)C1CC(=O)N(OC(=O)Cl)C1=O. The van der Waals surface area contributed by atoms with Gasteiger partial charge in [0.15, 0.2) is 0 Å². The van der Waals surface area contributed by atoms with E-state index in [0.29, 0.717) is 10.6 Å². The number of amides is 2. The van der Waals surface area contributed by atoms with Crippen molar-refractivity contribution in [2.75, 3.05) is 0 Å². The summed E-state index contributed by atoms with van der Waals surface area (Å²) >= 11 is 4.89. The number of carbonyl (C=O) groups excluding carboxylic acids is 3. The van der Waals surface area contributed by atoms with Gasteiger partial charge in [0.2, 0.25) is 0 Å². The zero-order valence-electron chi connectivity index (χ0n) is 7.45. The van der Waals surface area contributed by atoms with E-state index in [1.807, 2.05) is 0 Å². The number of nitrogens with zero attached hydrogens (tertiary/aromatic N) is 1. The third kappa shape index (κ3) is 1.93. The standard InChI is InChI=1S/C8H8ClNO4/c1-4(2)5-3-6(11)10(7(5)12)14-8(9)13/h5H,1,3H2,2H3. The molecule has 0 aliphatic carbocycles. The van der Waals surface area contributed by atoms with Crippen molar-refractivity contribution in [2.24, 2.45) is 5.92 Å². The Kier molecular flexibility index (Phi) is 2.90. The Morgan fingerprint density at radius 1 is 1.64 bits per heavy atom. The molecule has 0 aromatic carbocycles. The molecule has 1 saturated heterocycles. The van der Waals surface area contributed by atoms with Crippen molar-refractivity contribution in [3.05, 3.63) is 12.2 Å². The molecule has 1 heterocycles. The Balaban J connectivity index is 2.80. The van der Waals surface area contributed by atoms with Gasteiger partial charge in [-0.15, -0.1) is 5.06 Å². The van der Waals surface area contributed by atoms with Gasteiger partial charge >= 0.3 is 5.43 Å². The maximum atomic E-state index is 11.4. The first-order valence-corrected chi connectivity index (χ1v) is 4.21. The number of hydrogen-bond donors (Lipinski definition) is 0. The normalized spacial score (nSPS) is 21.3. The summed E-state index contributed by atoms with van der Waals surface area (Å²) in [5.41, 5.74) is -0.662. The predicted molar refractivity (Wildman–Crippen MR) is 47.1 cm³/mol. The molecule has 0 N–H and O–H groups in total. The molecule has 14 heavy (non-hydrogen) atoms. The minimum Gasteiger partial charge on any atom is -0.315 e. The molecule has 1 unspecified atom stereocenters. The molecule has 1 rings (SSSR count). The lowest BCUT2D eigenvalue weighted by molar-refractivity contribution is -0.170. The van der Waals surface area contributed by atoms with Crippen LogP contribution in [0.2, 0.25) is 0 Å². The van der Waals surface area contributed by atoms with Crippen LogP contribution in [0.15, 0.2) is 12.2 Å². The maximum Gasteiger partial charge on any atom is 0.428 e. The average molecular weight is 218 g/mol. The molecular formula is C8H8ClNO4. The van der Waals surface area contributed by atoms with Gasteiger partial charge in [0.05, 0.1) is 5.92 Å². The van der Waals surface area contributed by atoms with Crippen LogP contribution in [0.1, 0.15) is 13.3 Å². The second kappa shape index (κ2) is 3.79. The van der Waals surface area contributed by atoms with E-state index in [1.54, 1.807) is 6.92 Å². The lowest BCUT2D eigenvalue weighted by Gasteiger charge is -2.11. The Bertz CT molecular complexity index is 325. The number of rotatable bonds is 2. The number of hydroxylamine groups is 2. The van der Waals surface area contributed by atoms with E-state index in [0.717, 1.165) is 0 Å². The number of carbonyl (C=O) groups is 3. The summed E-state index contributed by atoms with van der Waals surface area (Å²) in [6.45, 7) is 5.19. The highest BCUT2D eigenvalue weighted by Crippen LogP contribution is 2.25. The summed E-state index contributed by atoms with van der Waals surface area (Å²) in [5, 5.41) is 0.384. The van der Waals surface area contributed by atoms with E-state index >= 15 is 0 Å². The quantitative estimate of drug-likeness (QED) is 0.396. The second-order valence-electron chi connectivity index (χ2n) is 2.96. The third-order valence-corrected chi connectivity index (χ3v) is 1.93. The van der Waals surface area contributed by atoms with Gasteiger partial charge in [-0.25, -0.2) is 4.79 Å². The van der Waals surface area contributed by atoms with Gasteiger partial charge in [-0.05, 0) is 6.92 Å². The van der Waals surface area contributed by atoms with Crippen LogP contribution in [0.25, 0.3) is 0 Å². The van der Waals surface area contributed by atoms with Crippen molar-refractivity contribution in [3.8, 4) is 0 Å². The molecule has 0 aromatic rings. The van der Waals surface area contributed by atoms with Crippen molar-refractivity contribution < 1.29 is 19.2 Å². The Hall–Kier alpha value is -1.36. The van der Waals surface area contributed by atoms with Crippen LogP contribution in [0.5, 0.6) is 0 Å². The van der Waals surface area contributed by atoms with Crippen molar-refractivity contribution in [1.29, 1.82) is 0 Å². The molecule has 0 spiro atoms. The Morgan fingerprint density at radius 3 is 2.57 bits per heavy atom. The molecule has 76 valence electrons. The molecule has 0 aromatic heterocycles. The molecular weight excluding hydrogens is 210 g/mol. The molecule has 6 heteroatoms. The van der Waals surface area contributed by atoms with Crippen LogP contribution in [0.4, 0.5) is 4.79 Å². The first-order valence-electron chi connectivity index (χ1n) is 3.83. The van der Waals surface area contributed by atoms with Crippen LogP contribution in [0.3, 0.4) is 0 Å². The molecule has 0 bridgehead atoms. The van der Waals surface area contributed by atoms with Gasteiger partial charge in [-0.1, -0.05) is 12.2 Å². The third-order valence-electron chi connectivity index (χ3n) is 1.86. The number of halogens is 1. The second-order valence-corrected chi connectivity index (χ2v) is 3.27. The van der Waals surface area contributed by atoms with Gasteiger partial charge in [0, 0.05) is 18.0 Å². The highest BCUT2D eigenvalue weighted by Gasteiger charge is 2.41. The lowest BCUT2D eigenvalue weighted by atomic mass is 10.0. The summed E-state index contributed by atoms with van der Waals surface area (Å²) in [6, 6.07) is 0. The minimum absolute atomic E-state index is 0.0294. The van der Waals surface area contributed by atoms with Crippen LogP contribution >= 0.6 is 11.6 Å². The Morgan fingerprint density at radius 2 is 2.21 bits per heavy atom. The van der Waals surface area contributed by atoms with Crippen LogP contribution in [0, 0.1) is 5.92 Å². The molecule has 0 saturated carbocycles. The van der Waals surface area contributed by atoms with Gasteiger partial charge in [0.25, 0.3) is 11.8 Å². The summed E-state index contributed by atoms with van der Waals surface area (Å²) in [4.78, 5) is 37.1. The largest absolute Gasteiger partial charge is 0.428 e. The van der Waals surface area contributed by atoms with Gasteiger partial charge in [-0.2, -0.15) is 0 Å². The zero-order chi connectivity index (χ0) is 10.9. The molecule has 1 aliphatic heterocycles. The number of imide groups is 1. The average Bonchev–Trinajstić information content (AvgIpc) is 2.31. The summed E-state index contributed by atoms with van der Waals surface area (Å²) in [5.74, 6) is -1.80. The monoisotopic (exact) mass is 217 g/mol. The van der Waals surface area contributed by atoms with Crippen LogP contribution in [-0.2, 0) is 14.4 Å². The highest BCUT2D eigenvalue weighted by molar-refractivity contribution is 6.61. The van der Waals surface area contributed by atoms with Crippen molar-refractivity contribution in [2.45, 2.75) is 13.3 Å². The molecule has 1 fully saturated rings. The fourth-order valence-corrected chi connectivity index (χ4v) is 1.23. The summed E-state index contributed by atoms with van der Waals surface area (Å²) < 4.78 is 0. The highest BCUT2D eigenvalue weighted by atomic mass is 35.5. The van der Waals surface area contributed by atoms with E-state index in [9.17, 15) is 14.4 Å². The molecule has 5 nitrogen and oxygen atoms in total. The van der Waals surface area contributed by atoms with Crippen LogP contribution in [-0.4, -0.2) is 22.3 Å². The predicted octanol–water partition coefficient (Wildman–Crippen LogP) is 1.23. The first kappa shape index (κ1) is 10.7. The fraction of sp³-hybridized carbons (Fsp3) is 0.375. The topological polar surface area (TPSA) is 63.7 Å². The van der Waals surface area contributed by atoms with E-state index in [-0.39, 0.29) is 6.42 Å². The summed E-state index contributed by atoms with van der Waals surface area (Å²) in [6.07, 6.45) is -0.0294. The maximum absolute atomic E-state index is 11.4. The van der Waals surface area contributed by atoms with E-state index < -0.39 is 23.2 Å². The van der Waals surface area contributed by atoms with E-state index in [2.05, 4.69) is 11.4 Å². The van der Waals surface area contributed by atoms with Gasteiger partial charge < -0.3 is 4.84 Å². The van der Waals surface area contributed by atoms with Crippen molar-refractivity contribution in [3.63, 3.8) is 0 Å². The fourth-order valence-electron chi connectivity index (χ4n) is 1.16. The minimum atomic E-state index is -1.21. The van der Waals surface area contributed by atoms with E-state index in [1.165, 1.54) is 0 Å². The Labute approximate surface area is 85.2 Å². The molecule has 1 atom stereocenters. The van der Waals surface area contributed by atoms with Crippen molar-refractivity contribution in [1.82, 2.24) is 5.06 Å². The zero-order valence-corrected chi connectivity index (χ0v) is 8.21. The smallest absolute Gasteiger partial charge is 0.315 e. The van der Waals surface area contributed by atoms with Gasteiger partial charge in [-0.3, -0.25) is 9.59 Å². The molecule has 1 aliphatic rings. The first-order chi connectivity index (χ1) is 6.43. The summed E-state index contributed by atoms with van der Waals surface area (Å²) in [7, 11) is 0. The molecule has 0 radical (unpaired) electrons. The van der Waals surface area contributed by atoms with E-state index in [4.69, 9.17) is 11.6 Å².